The molecule has 0 saturated carbocycles. The Morgan fingerprint density at radius 1 is 0.538 bits per heavy atom. The molecule has 0 aliphatic rings. The van der Waals surface area contributed by atoms with Crippen LogP contribution in [0.5, 0.6) is 0 Å². The van der Waals surface area contributed by atoms with E-state index in [2.05, 4.69) is 0 Å². The summed E-state index contributed by atoms with van der Waals surface area (Å²) in [5.74, 6) is -2.81. The van der Waals surface area contributed by atoms with Gasteiger partial charge in [-0.2, -0.15) is 62.8 Å². The Morgan fingerprint density at radius 2 is 0.769 bits per heavy atom. The zero-order valence-corrected chi connectivity index (χ0v) is 19.5. The molecule has 0 N–H and O–H groups in total. The highest BCUT2D eigenvalue weighted by Crippen LogP contribution is 2.41. The minimum atomic E-state index is -5.39. The molecule has 2 aromatic carbocycles. The lowest BCUT2D eigenvalue weighted by atomic mass is 10.1. The second-order valence-corrected chi connectivity index (χ2v) is 7.69. The SMILES string of the molecule is CCC(=O)N(ON(C(=O)CC)c1cc(C(F)(F)F)cc(C(F)(F)F)c1)c1cc(C(F)(F)F)cc(C(F)(F)F)c1. The summed E-state index contributed by atoms with van der Waals surface area (Å²) in [7, 11) is 0. The first kappa shape index (κ1) is 31.7. The lowest BCUT2D eigenvalue weighted by Crippen LogP contribution is -2.42. The second kappa shape index (κ2) is 10.9. The molecule has 0 radical (unpaired) electrons. The monoisotopic (exact) mass is 584 g/mol. The highest BCUT2D eigenvalue weighted by Gasteiger charge is 2.40. The van der Waals surface area contributed by atoms with Gasteiger partial charge < -0.3 is 0 Å². The molecule has 2 rings (SSSR count). The molecule has 0 saturated heterocycles. The number of carbonyl (C=O) groups excluding carboxylic acids is 2. The number of amides is 2. The molecular formula is C22H16F12N2O3. The summed E-state index contributed by atoms with van der Waals surface area (Å²) in [6.07, 6.45) is -22.9. The fourth-order valence-electron chi connectivity index (χ4n) is 2.95. The van der Waals surface area contributed by atoms with Gasteiger partial charge in [-0.1, -0.05) is 13.8 Å². The van der Waals surface area contributed by atoms with E-state index in [4.69, 9.17) is 4.94 Å². The van der Waals surface area contributed by atoms with Crippen molar-refractivity contribution in [2.24, 2.45) is 0 Å². The predicted molar refractivity (Wildman–Crippen MR) is 110 cm³/mol. The van der Waals surface area contributed by atoms with Crippen molar-refractivity contribution in [1.29, 1.82) is 0 Å². The van der Waals surface area contributed by atoms with Crippen molar-refractivity contribution < 1.29 is 67.2 Å². The van der Waals surface area contributed by atoms with E-state index in [0.717, 1.165) is 13.8 Å². The Morgan fingerprint density at radius 3 is 0.949 bits per heavy atom. The van der Waals surface area contributed by atoms with E-state index >= 15 is 0 Å². The van der Waals surface area contributed by atoms with Gasteiger partial charge in [-0.05, 0) is 36.4 Å². The van der Waals surface area contributed by atoms with Crippen LogP contribution >= 0.6 is 0 Å². The molecule has 5 nitrogen and oxygen atoms in total. The smallest absolute Gasteiger partial charge is 0.272 e. The Kier molecular flexibility index (Phi) is 8.89. The minimum absolute atomic E-state index is 0.0185. The molecule has 0 aliphatic heterocycles. The van der Waals surface area contributed by atoms with Crippen molar-refractivity contribution in [3.05, 3.63) is 58.7 Å². The van der Waals surface area contributed by atoms with Crippen LogP contribution in [0.15, 0.2) is 36.4 Å². The summed E-state index contributed by atoms with van der Waals surface area (Å²) in [6.45, 7) is 2.13. The van der Waals surface area contributed by atoms with Crippen LogP contribution in [0.1, 0.15) is 48.9 Å². The average molecular weight is 584 g/mol. The van der Waals surface area contributed by atoms with Crippen molar-refractivity contribution in [3.63, 3.8) is 0 Å². The third-order valence-electron chi connectivity index (χ3n) is 4.84. The number of hydroxylamine groups is 2. The first-order valence-electron chi connectivity index (χ1n) is 10.5. The standard InChI is InChI=1S/C22H16F12N2O3/c1-3-17(37)35(15-7-11(19(23,24)25)5-12(8-15)20(26,27)28)39-36(18(38)4-2)16-9-13(21(29,30)31)6-14(10-16)22(32,33)34/h5-10H,3-4H2,1-2H3. The minimum Gasteiger partial charge on any atom is -0.272 e. The molecule has 2 aromatic rings. The fraction of sp³-hybridized carbons (Fsp3) is 0.364. The molecule has 17 heteroatoms. The summed E-state index contributed by atoms with van der Waals surface area (Å²) >= 11 is 0. The Balaban J connectivity index is 2.81. The summed E-state index contributed by atoms with van der Waals surface area (Å²) in [5.41, 5.74) is -10.2. The van der Waals surface area contributed by atoms with Gasteiger partial charge in [0.05, 0.1) is 33.6 Å². The number of alkyl halides is 12. The van der Waals surface area contributed by atoms with Crippen LogP contribution in [0.3, 0.4) is 0 Å². The van der Waals surface area contributed by atoms with Crippen molar-refractivity contribution in [1.82, 2.24) is 0 Å². The maximum atomic E-state index is 13.3. The molecule has 0 atom stereocenters. The molecule has 0 aromatic heterocycles. The summed E-state index contributed by atoms with van der Waals surface area (Å²) in [6, 6.07) is -0.518. The topological polar surface area (TPSA) is 49.9 Å². The lowest BCUT2D eigenvalue weighted by molar-refractivity contribution is -0.144. The van der Waals surface area contributed by atoms with Gasteiger partial charge in [0.2, 0.25) is 0 Å². The van der Waals surface area contributed by atoms with Gasteiger partial charge >= 0.3 is 24.7 Å². The number of carbonyl (C=O) groups is 2. The molecule has 0 bridgehead atoms. The van der Waals surface area contributed by atoms with E-state index in [0.29, 0.717) is 0 Å². The van der Waals surface area contributed by atoms with Crippen LogP contribution in [0.4, 0.5) is 64.1 Å². The second-order valence-electron chi connectivity index (χ2n) is 7.69. The number of nitrogens with zero attached hydrogens (tertiary/aromatic N) is 2. The van der Waals surface area contributed by atoms with Crippen LogP contribution in [0.2, 0.25) is 0 Å². The molecule has 0 heterocycles. The summed E-state index contributed by atoms with van der Waals surface area (Å²) in [5, 5.41) is -0.517. The average Bonchev–Trinajstić information content (AvgIpc) is 2.81. The van der Waals surface area contributed by atoms with Crippen molar-refractivity contribution in [2.75, 3.05) is 10.1 Å². The number of hydrogen-bond donors (Lipinski definition) is 0. The number of halogens is 12. The first-order chi connectivity index (χ1) is 17.6. The molecule has 2 amide bonds. The molecule has 216 valence electrons. The number of benzene rings is 2. The normalized spacial score (nSPS) is 12.9. The van der Waals surface area contributed by atoms with E-state index in [1.54, 1.807) is 0 Å². The Hall–Kier alpha value is -3.50. The number of rotatable bonds is 6. The molecule has 0 aliphatic carbocycles. The predicted octanol–water partition coefficient (Wildman–Crippen LogP) is 7.79. The van der Waals surface area contributed by atoms with Gasteiger partial charge in [-0.3, -0.25) is 9.59 Å². The Bertz CT molecular complexity index is 1060. The quantitative estimate of drug-likeness (QED) is 0.257. The van der Waals surface area contributed by atoms with Gasteiger partial charge in [-0.15, -0.1) is 4.94 Å². The highest BCUT2D eigenvalue weighted by molar-refractivity contribution is 5.95. The number of hydrogen-bond acceptors (Lipinski definition) is 3. The fourth-order valence-corrected chi connectivity index (χ4v) is 2.95. The van der Waals surface area contributed by atoms with Crippen LogP contribution in [-0.2, 0) is 39.2 Å². The summed E-state index contributed by atoms with van der Waals surface area (Å²) < 4.78 is 160. The van der Waals surface area contributed by atoms with E-state index in [9.17, 15) is 62.3 Å². The van der Waals surface area contributed by atoms with Crippen molar-refractivity contribution >= 4 is 23.2 Å². The third-order valence-corrected chi connectivity index (χ3v) is 4.84. The molecule has 0 fully saturated rings. The van der Waals surface area contributed by atoms with Gasteiger partial charge in [0.15, 0.2) is 0 Å². The van der Waals surface area contributed by atoms with Gasteiger partial charge in [0, 0.05) is 12.8 Å². The zero-order valence-electron chi connectivity index (χ0n) is 19.5. The molecule has 39 heavy (non-hydrogen) atoms. The Labute approximate surface area is 211 Å². The maximum absolute atomic E-state index is 13.3. The molecule has 0 unspecified atom stereocenters. The third kappa shape index (κ3) is 7.77. The lowest BCUT2D eigenvalue weighted by Gasteiger charge is -2.30. The largest absolute Gasteiger partial charge is 0.416 e. The van der Waals surface area contributed by atoms with Crippen LogP contribution in [0, 0.1) is 0 Å². The van der Waals surface area contributed by atoms with E-state index < -0.39 is 83.0 Å². The van der Waals surface area contributed by atoms with Gasteiger partial charge in [0.1, 0.15) is 0 Å². The van der Waals surface area contributed by atoms with E-state index in [-0.39, 0.29) is 46.5 Å². The maximum Gasteiger partial charge on any atom is 0.416 e. The van der Waals surface area contributed by atoms with Crippen LogP contribution in [0.25, 0.3) is 0 Å². The zero-order chi connectivity index (χ0) is 30.1. The van der Waals surface area contributed by atoms with Crippen LogP contribution < -0.4 is 10.1 Å². The first-order valence-corrected chi connectivity index (χ1v) is 10.5. The van der Waals surface area contributed by atoms with Crippen LogP contribution in [-0.4, -0.2) is 11.8 Å². The molecular weight excluding hydrogens is 568 g/mol. The van der Waals surface area contributed by atoms with E-state index in [1.165, 1.54) is 0 Å². The van der Waals surface area contributed by atoms with E-state index in [1.807, 2.05) is 0 Å². The highest BCUT2D eigenvalue weighted by atomic mass is 19.4. The number of anilines is 2. The molecule has 0 spiro atoms. The van der Waals surface area contributed by atoms with Gasteiger partial charge in [0.25, 0.3) is 11.8 Å². The summed E-state index contributed by atoms with van der Waals surface area (Å²) in [4.78, 5) is 29.9. The van der Waals surface area contributed by atoms with Crippen molar-refractivity contribution in [3.8, 4) is 0 Å². The van der Waals surface area contributed by atoms with Gasteiger partial charge in [-0.25, -0.2) is 0 Å². The van der Waals surface area contributed by atoms with Crippen molar-refractivity contribution in [2.45, 2.75) is 51.4 Å².